The molecule has 0 unspecified atom stereocenters. The second-order valence-corrected chi connectivity index (χ2v) is 10.4. The van der Waals surface area contributed by atoms with Crippen molar-refractivity contribution >= 4 is 16.7 Å². The quantitative estimate of drug-likeness (QED) is 0.479. The predicted octanol–water partition coefficient (Wildman–Crippen LogP) is 5.74. The Morgan fingerprint density at radius 2 is 1.37 bits per heavy atom. The number of amides is 1. The molecule has 184 valence electrons. The highest BCUT2D eigenvalue weighted by molar-refractivity contribution is 5.85. The molecule has 35 heavy (non-hydrogen) atoms. The van der Waals surface area contributed by atoms with Crippen molar-refractivity contribution in [1.29, 1.82) is 0 Å². The summed E-state index contributed by atoms with van der Waals surface area (Å²) in [6.45, 7) is 7.03. The molecular weight excluding hydrogens is 430 g/mol. The number of piperidine rings is 1. The Hall–Kier alpha value is -2.69. The molecule has 4 nitrogen and oxygen atoms in total. The number of rotatable bonds is 7. The van der Waals surface area contributed by atoms with Crippen molar-refractivity contribution < 1.29 is 4.79 Å². The third kappa shape index (κ3) is 6.50. The Morgan fingerprint density at radius 1 is 0.714 bits per heavy atom. The highest BCUT2D eigenvalue weighted by Crippen LogP contribution is 2.24. The summed E-state index contributed by atoms with van der Waals surface area (Å²) in [7, 11) is 0. The maximum absolute atomic E-state index is 12.8. The molecular formula is C31H39N3O. The molecule has 0 saturated carbocycles. The molecule has 2 fully saturated rings. The van der Waals surface area contributed by atoms with E-state index in [4.69, 9.17) is 0 Å². The molecule has 2 heterocycles. The van der Waals surface area contributed by atoms with Gasteiger partial charge in [-0.15, -0.1) is 0 Å². The van der Waals surface area contributed by atoms with Gasteiger partial charge in [0.05, 0.1) is 0 Å². The van der Waals surface area contributed by atoms with Crippen LogP contribution in [0.3, 0.4) is 0 Å². The third-order valence-electron chi connectivity index (χ3n) is 7.83. The fourth-order valence-electron chi connectivity index (χ4n) is 5.67. The summed E-state index contributed by atoms with van der Waals surface area (Å²) in [5, 5.41) is 5.84. The van der Waals surface area contributed by atoms with Crippen LogP contribution in [0.2, 0.25) is 0 Å². The SMILES string of the molecule is O=C(NCc1ccc(CN2CCCCCC2)cc1)C1CCN(Cc2cccc3ccccc23)CC1. The molecule has 5 rings (SSSR count). The second kappa shape index (κ2) is 11.8. The molecule has 4 heteroatoms. The predicted molar refractivity (Wildman–Crippen MR) is 144 cm³/mol. The van der Waals surface area contributed by atoms with E-state index in [0.717, 1.165) is 39.0 Å². The van der Waals surface area contributed by atoms with Gasteiger partial charge in [-0.1, -0.05) is 79.6 Å². The largest absolute Gasteiger partial charge is 0.352 e. The molecule has 2 aliphatic heterocycles. The van der Waals surface area contributed by atoms with Gasteiger partial charge in [0.1, 0.15) is 0 Å². The van der Waals surface area contributed by atoms with Crippen molar-refractivity contribution in [3.05, 3.63) is 83.4 Å². The number of hydrogen-bond acceptors (Lipinski definition) is 3. The molecule has 3 aromatic carbocycles. The summed E-state index contributed by atoms with van der Waals surface area (Å²) in [5.41, 5.74) is 3.94. The summed E-state index contributed by atoms with van der Waals surface area (Å²) in [4.78, 5) is 17.9. The van der Waals surface area contributed by atoms with Crippen LogP contribution in [-0.2, 0) is 24.4 Å². The van der Waals surface area contributed by atoms with Crippen LogP contribution in [0.15, 0.2) is 66.7 Å². The number of nitrogens with one attached hydrogen (secondary N) is 1. The van der Waals surface area contributed by atoms with E-state index in [-0.39, 0.29) is 11.8 Å². The lowest BCUT2D eigenvalue weighted by Gasteiger charge is -2.31. The van der Waals surface area contributed by atoms with E-state index in [2.05, 4.69) is 81.8 Å². The van der Waals surface area contributed by atoms with E-state index in [1.165, 1.54) is 66.2 Å². The van der Waals surface area contributed by atoms with Gasteiger partial charge in [-0.05, 0) is 79.3 Å². The van der Waals surface area contributed by atoms with Crippen LogP contribution in [0, 0.1) is 5.92 Å². The minimum Gasteiger partial charge on any atom is -0.352 e. The molecule has 0 bridgehead atoms. The Bertz CT molecular complexity index is 1090. The monoisotopic (exact) mass is 469 g/mol. The number of carbonyl (C=O) groups excluding carboxylic acids is 1. The summed E-state index contributed by atoms with van der Waals surface area (Å²) in [5.74, 6) is 0.338. The van der Waals surface area contributed by atoms with Gasteiger partial charge < -0.3 is 5.32 Å². The first-order valence-corrected chi connectivity index (χ1v) is 13.5. The zero-order chi connectivity index (χ0) is 23.9. The van der Waals surface area contributed by atoms with Gasteiger partial charge in [0.2, 0.25) is 5.91 Å². The average Bonchev–Trinajstić information content (AvgIpc) is 3.17. The summed E-state index contributed by atoms with van der Waals surface area (Å²) < 4.78 is 0. The van der Waals surface area contributed by atoms with Crippen LogP contribution in [0.4, 0.5) is 0 Å². The molecule has 2 saturated heterocycles. The van der Waals surface area contributed by atoms with Crippen molar-refractivity contribution in [2.45, 2.75) is 58.2 Å². The number of carbonyl (C=O) groups is 1. The van der Waals surface area contributed by atoms with Crippen molar-refractivity contribution in [3.8, 4) is 0 Å². The fraction of sp³-hybridized carbons (Fsp3) is 0.452. The number of nitrogens with zero attached hydrogens (tertiary/aromatic N) is 2. The number of benzene rings is 3. The molecule has 3 aromatic rings. The van der Waals surface area contributed by atoms with E-state index >= 15 is 0 Å². The average molecular weight is 470 g/mol. The van der Waals surface area contributed by atoms with Gasteiger partial charge in [-0.3, -0.25) is 14.6 Å². The molecule has 0 spiro atoms. The van der Waals surface area contributed by atoms with Gasteiger partial charge in [-0.25, -0.2) is 0 Å². The van der Waals surface area contributed by atoms with Crippen LogP contribution < -0.4 is 5.32 Å². The second-order valence-electron chi connectivity index (χ2n) is 10.4. The summed E-state index contributed by atoms with van der Waals surface area (Å²) in [6, 6.07) is 24.0. The summed E-state index contributed by atoms with van der Waals surface area (Å²) in [6.07, 6.45) is 7.27. The first kappa shape index (κ1) is 24.0. The minimum absolute atomic E-state index is 0.126. The maximum atomic E-state index is 12.8. The molecule has 0 aromatic heterocycles. The van der Waals surface area contributed by atoms with Gasteiger partial charge in [-0.2, -0.15) is 0 Å². The van der Waals surface area contributed by atoms with E-state index < -0.39 is 0 Å². The van der Waals surface area contributed by atoms with Crippen molar-refractivity contribution in [3.63, 3.8) is 0 Å². The van der Waals surface area contributed by atoms with Crippen LogP contribution >= 0.6 is 0 Å². The third-order valence-corrected chi connectivity index (χ3v) is 7.83. The Kier molecular flexibility index (Phi) is 8.12. The lowest BCUT2D eigenvalue weighted by atomic mass is 9.95. The van der Waals surface area contributed by atoms with E-state index in [0.29, 0.717) is 6.54 Å². The number of hydrogen-bond donors (Lipinski definition) is 1. The molecule has 0 aliphatic carbocycles. The van der Waals surface area contributed by atoms with E-state index in [9.17, 15) is 4.79 Å². The molecule has 0 radical (unpaired) electrons. The van der Waals surface area contributed by atoms with Gasteiger partial charge >= 0.3 is 0 Å². The van der Waals surface area contributed by atoms with E-state index in [1.54, 1.807) is 0 Å². The van der Waals surface area contributed by atoms with Gasteiger partial charge in [0.15, 0.2) is 0 Å². The highest BCUT2D eigenvalue weighted by Gasteiger charge is 2.25. The Balaban J connectivity index is 1.06. The maximum Gasteiger partial charge on any atom is 0.223 e. The zero-order valence-corrected chi connectivity index (χ0v) is 20.9. The molecule has 0 atom stereocenters. The number of likely N-dealkylation sites (tertiary alicyclic amines) is 2. The Morgan fingerprint density at radius 3 is 2.14 bits per heavy atom. The lowest BCUT2D eigenvalue weighted by molar-refractivity contribution is -0.126. The van der Waals surface area contributed by atoms with Crippen LogP contribution in [0.5, 0.6) is 0 Å². The first-order chi connectivity index (χ1) is 17.2. The highest BCUT2D eigenvalue weighted by atomic mass is 16.1. The Labute approximate surface area is 210 Å². The number of fused-ring (bicyclic) bond motifs is 1. The van der Waals surface area contributed by atoms with E-state index in [1.807, 2.05) is 0 Å². The van der Waals surface area contributed by atoms with Crippen LogP contribution in [0.25, 0.3) is 10.8 Å². The zero-order valence-electron chi connectivity index (χ0n) is 20.9. The molecule has 1 N–H and O–H groups in total. The van der Waals surface area contributed by atoms with Gasteiger partial charge in [0.25, 0.3) is 0 Å². The molecule has 2 aliphatic rings. The smallest absolute Gasteiger partial charge is 0.223 e. The fourth-order valence-corrected chi connectivity index (χ4v) is 5.67. The standard InChI is InChI=1S/C31H39N3O/c35-31(32-22-25-12-14-26(15-13-25)23-33-18-5-1-2-6-19-33)28-16-20-34(21-17-28)24-29-10-7-9-27-8-3-4-11-30(27)29/h3-4,7-15,28H,1-2,5-6,16-24H2,(H,32,35). The topological polar surface area (TPSA) is 35.6 Å². The van der Waals surface area contributed by atoms with Crippen molar-refractivity contribution in [1.82, 2.24) is 15.1 Å². The molecule has 1 amide bonds. The van der Waals surface area contributed by atoms with Crippen molar-refractivity contribution in [2.75, 3.05) is 26.2 Å². The van der Waals surface area contributed by atoms with Crippen LogP contribution in [-0.4, -0.2) is 41.9 Å². The lowest BCUT2D eigenvalue weighted by Crippen LogP contribution is -2.40. The normalized spacial score (nSPS) is 18.4. The van der Waals surface area contributed by atoms with Crippen molar-refractivity contribution in [2.24, 2.45) is 5.92 Å². The summed E-state index contributed by atoms with van der Waals surface area (Å²) >= 11 is 0. The minimum atomic E-state index is 0.126. The first-order valence-electron chi connectivity index (χ1n) is 13.5. The van der Waals surface area contributed by atoms with Gasteiger partial charge in [0, 0.05) is 25.6 Å². The van der Waals surface area contributed by atoms with Crippen LogP contribution in [0.1, 0.15) is 55.2 Å².